The van der Waals surface area contributed by atoms with Gasteiger partial charge < -0.3 is 5.32 Å². The number of carbonyl (C=O) groups is 1. The summed E-state index contributed by atoms with van der Waals surface area (Å²) >= 11 is 0. The molecule has 2 rings (SSSR count). The van der Waals surface area contributed by atoms with E-state index in [-0.39, 0.29) is 11.9 Å². The fraction of sp³-hybridized carbons (Fsp3) is 0.350. The van der Waals surface area contributed by atoms with Crippen molar-refractivity contribution in [3.05, 3.63) is 69.8 Å². The second-order valence-electron chi connectivity index (χ2n) is 6.24. The third-order valence-electron chi connectivity index (χ3n) is 4.21. The molecule has 2 nitrogen and oxygen atoms in total. The molecule has 0 unspecified atom stereocenters. The van der Waals surface area contributed by atoms with Gasteiger partial charge in [0.1, 0.15) is 0 Å². The molecule has 0 aromatic heterocycles. The Hall–Kier alpha value is -2.09. The summed E-state index contributed by atoms with van der Waals surface area (Å²) in [4.78, 5) is 12.2. The van der Waals surface area contributed by atoms with Crippen molar-refractivity contribution in [3.8, 4) is 0 Å². The van der Waals surface area contributed by atoms with Gasteiger partial charge in [0.15, 0.2) is 0 Å². The maximum Gasteiger partial charge on any atom is 0.224 e. The van der Waals surface area contributed by atoms with Gasteiger partial charge in [0.2, 0.25) is 5.91 Å². The molecule has 1 atom stereocenters. The van der Waals surface area contributed by atoms with Gasteiger partial charge in [-0.1, -0.05) is 42.0 Å². The highest BCUT2D eigenvalue weighted by Crippen LogP contribution is 2.21. The molecule has 0 heterocycles. The smallest absolute Gasteiger partial charge is 0.224 e. The zero-order chi connectivity index (χ0) is 16.3. The van der Waals surface area contributed by atoms with Crippen LogP contribution in [0.25, 0.3) is 0 Å². The van der Waals surface area contributed by atoms with E-state index in [9.17, 15) is 4.79 Å². The molecule has 2 aromatic rings. The summed E-state index contributed by atoms with van der Waals surface area (Å²) in [6.07, 6.45) is 0.425. The van der Waals surface area contributed by atoms with Crippen molar-refractivity contribution < 1.29 is 4.79 Å². The minimum absolute atomic E-state index is 0.0252. The molecule has 2 aromatic carbocycles. The Morgan fingerprint density at radius 2 is 1.55 bits per heavy atom. The molecule has 0 radical (unpaired) electrons. The van der Waals surface area contributed by atoms with Crippen LogP contribution >= 0.6 is 0 Å². The zero-order valence-corrected chi connectivity index (χ0v) is 14.2. The van der Waals surface area contributed by atoms with Gasteiger partial charge in [-0.3, -0.25) is 4.79 Å². The van der Waals surface area contributed by atoms with Gasteiger partial charge in [0.25, 0.3) is 0 Å². The van der Waals surface area contributed by atoms with Gasteiger partial charge in [0.05, 0.1) is 12.5 Å². The second kappa shape index (κ2) is 6.78. The number of nitrogens with one attached hydrogen (secondary N) is 1. The molecule has 0 aliphatic rings. The lowest BCUT2D eigenvalue weighted by atomic mass is 9.96. The summed E-state index contributed by atoms with van der Waals surface area (Å²) in [5, 5.41) is 3.11. The van der Waals surface area contributed by atoms with Crippen LogP contribution in [0.4, 0.5) is 0 Å². The predicted octanol–water partition coefficient (Wildman–Crippen LogP) is 4.34. The number of amides is 1. The lowest BCUT2D eigenvalue weighted by molar-refractivity contribution is -0.121. The molecule has 22 heavy (non-hydrogen) atoms. The number of rotatable bonds is 4. The summed E-state index contributed by atoms with van der Waals surface area (Å²) in [6, 6.07) is 12.5. The van der Waals surface area contributed by atoms with Crippen molar-refractivity contribution >= 4 is 5.91 Å². The highest BCUT2D eigenvalue weighted by atomic mass is 16.1. The monoisotopic (exact) mass is 295 g/mol. The van der Waals surface area contributed by atoms with Crippen LogP contribution in [0.2, 0.25) is 0 Å². The lowest BCUT2D eigenvalue weighted by Crippen LogP contribution is -2.28. The third-order valence-corrected chi connectivity index (χ3v) is 4.21. The van der Waals surface area contributed by atoms with Crippen LogP contribution in [0.15, 0.2) is 36.4 Å². The Morgan fingerprint density at radius 3 is 2.18 bits per heavy atom. The average molecular weight is 295 g/mol. The van der Waals surface area contributed by atoms with Crippen LogP contribution in [-0.4, -0.2) is 5.91 Å². The minimum atomic E-state index is 0.0252. The molecular formula is C20H25NO. The van der Waals surface area contributed by atoms with E-state index in [1.54, 1.807) is 0 Å². The molecule has 0 aliphatic heterocycles. The number of hydrogen-bond donors (Lipinski definition) is 1. The largest absolute Gasteiger partial charge is 0.349 e. The molecule has 0 spiro atoms. The first kappa shape index (κ1) is 16.3. The zero-order valence-electron chi connectivity index (χ0n) is 14.2. The number of aryl methyl sites for hydroxylation is 4. The van der Waals surface area contributed by atoms with Crippen molar-refractivity contribution in [2.24, 2.45) is 0 Å². The van der Waals surface area contributed by atoms with E-state index in [0.717, 1.165) is 5.56 Å². The summed E-state index contributed by atoms with van der Waals surface area (Å²) < 4.78 is 0. The Kier molecular flexibility index (Phi) is 5.02. The van der Waals surface area contributed by atoms with E-state index in [1.165, 1.54) is 27.8 Å². The first-order chi connectivity index (χ1) is 10.4. The van der Waals surface area contributed by atoms with E-state index in [0.29, 0.717) is 6.42 Å². The predicted molar refractivity (Wildman–Crippen MR) is 92.1 cm³/mol. The van der Waals surface area contributed by atoms with E-state index >= 15 is 0 Å². The van der Waals surface area contributed by atoms with Crippen LogP contribution in [0, 0.1) is 27.7 Å². The Labute approximate surface area is 133 Å². The molecule has 1 amide bonds. The summed E-state index contributed by atoms with van der Waals surface area (Å²) in [5.41, 5.74) is 7.24. The Bertz CT molecular complexity index is 671. The van der Waals surface area contributed by atoms with Crippen LogP contribution in [-0.2, 0) is 11.2 Å². The number of carbonyl (C=O) groups excluding carboxylic acids is 1. The Balaban J connectivity index is 2.05. The quantitative estimate of drug-likeness (QED) is 0.893. The van der Waals surface area contributed by atoms with Gasteiger partial charge in [-0.2, -0.15) is 0 Å². The van der Waals surface area contributed by atoms with Gasteiger partial charge >= 0.3 is 0 Å². The summed E-state index contributed by atoms with van der Waals surface area (Å²) in [7, 11) is 0. The molecule has 116 valence electrons. The summed E-state index contributed by atoms with van der Waals surface area (Å²) in [6.45, 7) is 10.4. The maximum absolute atomic E-state index is 12.2. The molecule has 0 fully saturated rings. The first-order valence-corrected chi connectivity index (χ1v) is 7.79. The standard InChI is InChI=1S/C20H25NO/c1-13-6-8-18(9-7-13)12-20(22)21-17(5)19-11-15(3)14(2)10-16(19)4/h6-11,17H,12H2,1-5H3,(H,21,22)/t17-/m1/s1. The maximum atomic E-state index is 12.2. The third kappa shape index (κ3) is 3.97. The molecule has 1 N–H and O–H groups in total. The van der Waals surface area contributed by atoms with Gasteiger partial charge in [-0.15, -0.1) is 0 Å². The van der Waals surface area contributed by atoms with Gasteiger partial charge in [-0.25, -0.2) is 0 Å². The van der Waals surface area contributed by atoms with E-state index in [1.807, 2.05) is 31.2 Å². The number of hydrogen-bond acceptors (Lipinski definition) is 1. The average Bonchev–Trinajstić information content (AvgIpc) is 2.45. The van der Waals surface area contributed by atoms with Crippen molar-refractivity contribution in [3.63, 3.8) is 0 Å². The van der Waals surface area contributed by atoms with Crippen LogP contribution < -0.4 is 5.32 Å². The van der Waals surface area contributed by atoms with Crippen LogP contribution in [0.3, 0.4) is 0 Å². The first-order valence-electron chi connectivity index (χ1n) is 7.79. The van der Waals surface area contributed by atoms with Crippen molar-refractivity contribution in [2.45, 2.75) is 47.1 Å². The van der Waals surface area contributed by atoms with E-state index in [2.05, 4.69) is 45.1 Å². The molecule has 2 heteroatoms. The molecule has 0 bridgehead atoms. The van der Waals surface area contributed by atoms with Crippen molar-refractivity contribution in [1.82, 2.24) is 5.32 Å². The van der Waals surface area contributed by atoms with Gasteiger partial charge in [-0.05, 0) is 62.4 Å². The van der Waals surface area contributed by atoms with E-state index in [4.69, 9.17) is 0 Å². The highest BCUT2D eigenvalue weighted by molar-refractivity contribution is 5.79. The lowest BCUT2D eigenvalue weighted by Gasteiger charge is -2.18. The molecule has 0 saturated heterocycles. The minimum Gasteiger partial charge on any atom is -0.349 e. The van der Waals surface area contributed by atoms with Crippen molar-refractivity contribution in [1.29, 1.82) is 0 Å². The topological polar surface area (TPSA) is 29.1 Å². The fourth-order valence-corrected chi connectivity index (χ4v) is 2.71. The molecule has 0 saturated carbocycles. The summed E-state index contributed by atoms with van der Waals surface area (Å²) in [5.74, 6) is 0.0639. The number of benzene rings is 2. The van der Waals surface area contributed by atoms with Crippen LogP contribution in [0.1, 0.15) is 46.3 Å². The Morgan fingerprint density at radius 1 is 0.955 bits per heavy atom. The SMILES string of the molecule is Cc1ccc(CC(=O)N[C@H](C)c2cc(C)c(C)cc2C)cc1. The molecule has 0 aliphatic carbocycles. The van der Waals surface area contributed by atoms with Crippen LogP contribution in [0.5, 0.6) is 0 Å². The highest BCUT2D eigenvalue weighted by Gasteiger charge is 2.13. The van der Waals surface area contributed by atoms with Crippen molar-refractivity contribution in [2.75, 3.05) is 0 Å². The fourth-order valence-electron chi connectivity index (χ4n) is 2.71. The van der Waals surface area contributed by atoms with Gasteiger partial charge in [0, 0.05) is 0 Å². The molecular weight excluding hydrogens is 270 g/mol. The normalized spacial score (nSPS) is 12.0. The van der Waals surface area contributed by atoms with E-state index < -0.39 is 0 Å². The second-order valence-corrected chi connectivity index (χ2v) is 6.24.